The molecular weight excluding hydrogens is 310 g/mol. The van der Waals surface area contributed by atoms with Crippen LogP contribution in [-0.4, -0.2) is 26.8 Å². The standard InChI is InChI=1S/C17H18ClN5/c1-12-14(11-23(3)21-12)16-8-9-19-17(20-16)22(2)10-13-6-4-5-7-15(13)18/h4-9,11H,10H2,1-3H3. The average Bonchev–Trinajstić information content (AvgIpc) is 2.88. The summed E-state index contributed by atoms with van der Waals surface area (Å²) >= 11 is 6.23. The van der Waals surface area contributed by atoms with Crippen LogP contribution in [-0.2, 0) is 13.6 Å². The predicted molar refractivity (Wildman–Crippen MR) is 92.5 cm³/mol. The van der Waals surface area contributed by atoms with Gasteiger partial charge in [0.05, 0.1) is 11.4 Å². The third-order valence-corrected chi connectivity index (χ3v) is 4.01. The first kappa shape index (κ1) is 15.5. The summed E-state index contributed by atoms with van der Waals surface area (Å²) in [7, 11) is 3.86. The number of hydrogen-bond donors (Lipinski definition) is 0. The lowest BCUT2D eigenvalue weighted by atomic mass is 10.2. The SMILES string of the molecule is Cc1nn(C)cc1-c1ccnc(N(C)Cc2ccccc2Cl)n1. The molecule has 3 aromatic rings. The van der Waals surface area contributed by atoms with Gasteiger partial charge in [0.25, 0.3) is 0 Å². The van der Waals surface area contributed by atoms with Gasteiger partial charge in [-0.15, -0.1) is 0 Å². The van der Waals surface area contributed by atoms with Crippen LogP contribution in [0.4, 0.5) is 5.95 Å². The van der Waals surface area contributed by atoms with Crippen molar-refractivity contribution in [1.82, 2.24) is 19.7 Å². The van der Waals surface area contributed by atoms with Crippen LogP contribution in [0.25, 0.3) is 11.3 Å². The summed E-state index contributed by atoms with van der Waals surface area (Å²) in [4.78, 5) is 11.0. The van der Waals surface area contributed by atoms with Crippen molar-refractivity contribution in [2.75, 3.05) is 11.9 Å². The van der Waals surface area contributed by atoms with E-state index in [1.807, 2.05) is 62.4 Å². The zero-order chi connectivity index (χ0) is 16.4. The molecule has 0 saturated carbocycles. The van der Waals surface area contributed by atoms with Crippen molar-refractivity contribution < 1.29 is 0 Å². The molecule has 0 aliphatic heterocycles. The third kappa shape index (κ3) is 3.35. The minimum Gasteiger partial charge on any atom is -0.339 e. The van der Waals surface area contributed by atoms with E-state index in [1.165, 1.54) is 0 Å². The maximum atomic E-state index is 6.23. The molecule has 0 radical (unpaired) electrons. The topological polar surface area (TPSA) is 46.8 Å². The fraction of sp³-hybridized carbons (Fsp3) is 0.235. The van der Waals surface area contributed by atoms with E-state index < -0.39 is 0 Å². The Balaban J connectivity index is 1.87. The van der Waals surface area contributed by atoms with Gasteiger partial charge in [0.1, 0.15) is 0 Å². The molecule has 5 nitrogen and oxygen atoms in total. The monoisotopic (exact) mass is 327 g/mol. The largest absolute Gasteiger partial charge is 0.339 e. The second kappa shape index (κ2) is 6.38. The second-order valence-electron chi connectivity index (χ2n) is 5.49. The summed E-state index contributed by atoms with van der Waals surface area (Å²) in [5.74, 6) is 0.658. The number of rotatable bonds is 4. The Hall–Kier alpha value is -2.40. The molecule has 0 saturated heterocycles. The number of anilines is 1. The van der Waals surface area contributed by atoms with Gasteiger partial charge in [0.2, 0.25) is 5.95 Å². The summed E-state index contributed by atoms with van der Waals surface area (Å²) in [5, 5.41) is 5.12. The van der Waals surface area contributed by atoms with E-state index in [2.05, 4.69) is 15.1 Å². The highest BCUT2D eigenvalue weighted by molar-refractivity contribution is 6.31. The molecule has 0 bridgehead atoms. The van der Waals surface area contributed by atoms with Crippen LogP contribution >= 0.6 is 11.6 Å². The quantitative estimate of drug-likeness (QED) is 0.736. The van der Waals surface area contributed by atoms with Gasteiger partial charge in [-0.2, -0.15) is 5.10 Å². The molecule has 0 atom stereocenters. The van der Waals surface area contributed by atoms with Crippen molar-refractivity contribution in [3.63, 3.8) is 0 Å². The molecule has 0 fully saturated rings. The fourth-order valence-electron chi connectivity index (χ4n) is 2.49. The van der Waals surface area contributed by atoms with E-state index in [9.17, 15) is 0 Å². The van der Waals surface area contributed by atoms with Crippen LogP contribution in [0.15, 0.2) is 42.7 Å². The highest BCUT2D eigenvalue weighted by Gasteiger charge is 2.12. The van der Waals surface area contributed by atoms with Crippen LogP contribution in [0, 0.1) is 6.92 Å². The number of benzene rings is 1. The van der Waals surface area contributed by atoms with Crippen molar-refractivity contribution >= 4 is 17.5 Å². The fourth-order valence-corrected chi connectivity index (χ4v) is 2.68. The molecule has 23 heavy (non-hydrogen) atoms. The first-order chi connectivity index (χ1) is 11.0. The second-order valence-corrected chi connectivity index (χ2v) is 5.90. The summed E-state index contributed by atoms with van der Waals surface area (Å²) in [5.41, 5.74) is 3.88. The van der Waals surface area contributed by atoms with Crippen molar-refractivity contribution in [1.29, 1.82) is 0 Å². The highest BCUT2D eigenvalue weighted by Crippen LogP contribution is 2.23. The lowest BCUT2D eigenvalue weighted by Gasteiger charge is -2.18. The Labute approximate surface area is 140 Å². The number of halogens is 1. The van der Waals surface area contributed by atoms with Crippen LogP contribution in [0.1, 0.15) is 11.3 Å². The number of aryl methyl sites for hydroxylation is 2. The van der Waals surface area contributed by atoms with Gasteiger partial charge in [-0.05, 0) is 24.6 Å². The van der Waals surface area contributed by atoms with Gasteiger partial charge >= 0.3 is 0 Å². The third-order valence-electron chi connectivity index (χ3n) is 3.64. The first-order valence-corrected chi connectivity index (χ1v) is 7.70. The predicted octanol–water partition coefficient (Wildman–Crippen LogP) is 3.48. The normalized spacial score (nSPS) is 10.8. The zero-order valence-electron chi connectivity index (χ0n) is 13.4. The summed E-state index contributed by atoms with van der Waals surface area (Å²) in [6, 6.07) is 9.70. The van der Waals surface area contributed by atoms with E-state index >= 15 is 0 Å². The van der Waals surface area contributed by atoms with Crippen LogP contribution < -0.4 is 4.90 Å². The molecule has 3 rings (SSSR count). The van der Waals surface area contributed by atoms with E-state index in [4.69, 9.17) is 11.6 Å². The molecule has 0 amide bonds. The molecule has 0 aliphatic rings. The molecule has 2 heterocycles. The van der Waals surface area contributed by atoms with E-state index in [1.54, 1.807) is 10.9 Å². The van der Waals surface area contributed by atoms with Gasteiger partial charge in [-0.25, -0.2) is 9.97 Å². The Morgan fingerprint density at radius 3 is 2.70 bits per heavy atom. The Morgan fingerprint density at radius 1 is 1.22 bits per heavy atom. The maximum absolute atomic E-state index is 6.23. The number of hydrogen-bond acceptors (Lipinski definition) is 4. The van der Waals surface area contributed by atoms with Gasteiger partial charge in [0, 0.05) is 43.6 Å². The molecule has 0 N–H and O–H groups in total. The van der Waals surface area contributed by atoms with Crippen molar-refractivity contribution in [2.45, 2.75) is 13.5 Å². The number of nitrogens with zero attached hydrogens (tertiary/aromatic N) is 5. The summed E-state index contributed by atoms with van der Waals surface area (Å²) in [6.07, 6.45) is 3.74. The van der Waals surface area contributed by atoms with Crippen LogP contribution in [0.3, 0.4) is 0 Å². The lowest BCUT2D eigenvalue weighted by Crippen LogP contribution is -2.19. The smallest absolute Gasteiger partial charge is 0.225 e. The Morgan fingerprint density at radius 2 is 2.00 bits per heavy atom. The minimum absolute atomic E-state index is 0.648. The summed E-state index contributed by atoms with van der Waals surface area (Å²) < 4.78 is 1.79. The Bertz CT molecular complexity index is 827. The minimum atomic E-state index is 0.648. The molecule has 0 aliphatic carbocycles. The average molecular weight is 328 g/mol. The van der Waals surface area contributed by atoms with Gasteiger partial charge in [-0.1, -0.05) is 29.8 Å². The van der Waals surface area contributed by atoms with Crippen molar-refractivity contribution in [2.24, 2.45) is 7.05 Å². The zero-order valence-corrected chi connectivity index (χ0v) is 14.1. The van der Waals surface area contributed by atoms with Crippen molar-refractivity contribution in [3.8, 4) is 11.3 Å². The molecule has 2 aromatic heterocycles. The van der Waals surface area contributed by atoms with Gasteiger partial charge in [0.15, 0.2) is 0 Å². The van der Waals surface area contributed by atoms with Crippen LogP contribution in [0.5, 0.6) is 0 Å². The van der Waals surface area contributed by atoms with E-state index in [-0.39, 0.29) is 0 Å². The first-order valence-electron chi connectivity index (χ1n) is 7.33. The molecule has 1 aromatic carbocycles. The number of aromatic nitrogens is 4. The molecule has 0 spiro atoms. The van der Waals surface area contributed by atoms with Crippen molar-refractivity contribution in [3.05, 3.63) is 59.0 Å². The Kier molecular flexibility index (Phi) is 4.30. The van der Waals surface area contributed by atoms with Crippen LogP contribution in [0.2, 0.25) is 5.02 Å². The summed E-state index contributed by atoms with van der Waals surface area (Å²) in [6.45, 7) is 2.62. The van der Waals surface area contributed by atoms with E-state index in [0.717, 1.165) is 27.5 Å². The molecule has 0 unspecified atom stereocenters. The lowest BCUT2D eigenvalue weighted by molar-refractivity contribution is 0.756. The molecular formula is C17H18ClN5. The maximum Gasteiger partial charge on any atom is 0.225 e. The molecule has 6 heteroatoms. The molecule has 118 valence electrons. The van der Waals surface area contributed by atoms with E-state index in [0.29, 0.717) is 12.5 Å². The van der Waals surface area contributed by atoms with Gasteiger partial charge < -0.3 is 4.90 Å². The highest BCUT2D eigenvalue weighted by atomic mass is 35.5. The van der Waals surface area contributed by atoms with Gasteiger partial charge in [-0.3, -0.25) is 4.68 Å².